The number of hydrogen-bond acceptors (Lipinski definition) is 38. The van der Waals surface area contributed by atoms with Gasteiger partial charge in [-0.15, -0.1) is 20.5 Å². The smallest absolute Gasteiger partial charge is 0.335 e. The molecular weight excluding hydrogens is 1520 g/mol. The van der Waals surface area contributed by atoms with Gasteiger partial charge in [0.25, 0.3) is 0 Å². The molecular formula is C71H67ClN18O24. The lowest BCUT2D eigenvalue weighted by molar-refractivity contribution is -0.254. The number of ether oxygens (including phenoxy) is 8. The average Bonchev–Trinajstić information content (AvgIpc) is 0.814. The fraction of sp³-hybridized carbons (Fsp3) is 0.183. The second-order valence-corrected chi connectivity index (χ2v) is 23.2. The van der Waals surface area contributed by atoms with Crippen molar-refractivity contribution in [1.29, 1.82) is 0 Å². The van der Waals surface area contributed by atoms with Gasteiger partial charge in [0.15, 0.2) is 0 Å². The number of nitrogens with one attached hydrogen (secondary N) is 4. The summed E-state index contributed by atoms with van der Waals surface area (Å²) in [6.45, 7) is 1.15. The molecule has 2 heterocycles. The van der Waals surface area contributed by atoms with E-state index in [9.17, 15) is 39.6 Å². The van der Waals surface area contributed by atoms with Crippen LogP contribution >= 0.6 is 11.6 Å². The molecule has 2 aromatic heterocycles. The highest BCUT2D eigenvalue weighted by molar-refractivity contribution is 6.28. The summed E-state index contributed by atoms with van der Waals surface area (Å²) in [6.07, 6.45) is 0. The van der Waals surface area contributed by atoms with Crippen LogP contribution in [0.5, 0.6) is 46.0 Å². The number of aromatic nitrogens is 6. The number of nitrogens with zero attached hydrogens (tertiary/aromatic N) is 14. The van der Waals surface area contributed by atoms with E-state index >= 15 is 0 Å². The third-order valence-electron chi connectivity index (χ3n) is 15.3. The van der Waals surface area contributed by atoms with Crippen LogP contribution < -0.4 is 59.2 Å². The van der Waals surface area contributed by atoms with Crippen molar-refractivity contribution in [3.8, 4) is 46.0 Å². The van der Waals surface area contributed by atoms with Crippen LogP contribution in [-0.2, 0) is 46.0 Å². The van der Waals surface area contributed by atoms with Crippen molar-refractivity contribution in [3.63, 3.8) is 0 Å². The molecule has 8 aromatic carbocycles. The fourth-order valence-corrected chi connectivity index (χ4v) is 10.4. The van der Waals surface area contributed by atoms with E-state index in [1.807, 2.05) is 0 Å². The number of hydrogen-bond donors (Lipinski definition) is 12. The van der Waals surface area contributed by atoms with Crippen LogP contribution in [0.1, 0.15) is 69.5 Å². The lowest BCUT2D eigenvalue weighted by atomic mass is 10.1. The monoisotopic (exact) mass is 1590 g/mol. The Morgan fingerprint density at radius 2 is 0.535 bits per heavy atom. The molecule has 0 saturated carbocycles. The van der Waals surface area contributed by atoms with Crippen LogP contribution in [0.4, 0.5) is 92.0 Å². The Kier molecular flexibility index (Phi) is 29.2. The van der Waals surface area contributed by atoms with Crippen LogP contribution in [0.25, 0.3) is 0 Å². The summed E-state index contributed by atoms with van der Waals surface area (Å²) >= 11 is 6.29. The number of benzene rings is 8. The van der Waals surface area contributed by atoms with Gasteiger partial charge in [0, 0.05) is 48.5 Å². The average molecular weight is 1590 g/mol. The first kappa shape index (κ1) is 83.7. The van der Waals surface area contributed by atoms with Gasteiger partial charge in [-0.25, -0.2) is 38.7 Å². The van der Waals surface area contributed by atoms with Gasteiger partial charge < -0.3 is 79.6 Å². The fourth-order valence-electron chi connectivity index (χ4n) is 10.3. The first-order valence-corrected chi connectivity index (χ1v) is 32.8. The summed E-state index contributed by atoms with van der Waals surface area (Å²) in [5.41, 5.74) is 4.18. The molecule has 0 atom stereocenters. The van der Waals surface area contributed by atoms with Crippen molar-refractivity contribution in [2.24, 2.45) is 40.9 Å². The molecule has 0 radical (unpaired) electrons. The minimum absolute atomic E-state index is 0.00514. The molecule has 0 unspecified atom stereocenters. The first-order valence-electron chi connectivity index (χ1n) is 32.4. The Labute approximate surface area is 648 Å². The third-order valence-corrected chi connectivity index (χ3v) is 15.4. The van der Waals surface area contributed by atoms with Crippen LogP contribution in [0, 0.1) is 6.92 Å². The molecule has 0 aliphatic carbocycles. The molecule has 10 rings (SSSR count). The molecule has 12 N–H and O–H groups in total. The molecule has 0 aliphatic rings. The first-order chi connectivity index (χ1) is 54.9. The van der Waals surface area contributed by atoms with Crippen molar-refractivity contribution in [2.45, 2.75) is 33.4 Å². The normalized spacial score (nSPS) is 11.1. The molecule has 0 fully saturated rings. The second kappa shape index (κ2) is 39.8. The number of anilines is 8. The SMILES string of the molecule is COc1cc(Nc2nc(C)nc(Nc3cc(OC)c(N=Nc4cc(C(=O)O)cc(C(=O)O)c4)cc3OC)n2)c(OC)cc1N=Nc1cc(COO)cc(COO)c1.COc1cc(Nc2nc(Cl)nc(Nc3cc(OC)c(N=Nc4cc(C(=O)O)cc(C(=O)O)c4)cc3OC)n2)c(OC)cc1N=Nc1cc(COO)cc(COO)c1. The zero-order valence-corrected chi connectivity index (χ0v) is 61.9. The number of halogens is 1. The van der Waals surface area contributed by atoms with E-state index < -0.39 is 23.9 Å². The Hall–Kier alpha value is -14.4. The summed E-state index contributed by atoms with van der Waals surface area (Å²) in [6, 6.07) is 28.9. The lowest BCUT2D eigenvalue weighted by Gasteiger charge is -2.15. The molecule has 114 heavy (non-hydrogen) atoms. The zero-order valence-electron chi connectivity index (χ0n) is 61.1. The van der Waals surface area contributed by atoms with Gasteiger partial charge >= 0.3 is 23.9 Å². The molecule has 0 bridgehead atoms. The maximum atomic E-state index is 11.5. The van der Waals surface area contributed by atoms with Gasteiger partial charge in [-0.1, -0.05) is 12.1 Å². The summed E-state index contributed by atoms with van der Waals surface area (Å²) in [4.78, 5) is 89.0. The quantitative estimate of drug-likeness (QED) is 0.00985. The topological polar surface area (TPSA) is 565 Å². The maximum Gasteiger partial charge on any atom is 0.335 e. The van der Waals surface area contributed by atoms with Crippen molar-refractivity contribution in [1.82, 2.24) is 29.9 Å². The van der Waals surface area contributed by atoms with Crippen LogP contribution in [0.3, 0.4) is 0 Å². The van der Waals surface area contributed by atoms with E-state index in [0.717, 1.165) is 12.1 Å². The predicted octanol–water partition coefficient (Wildman–Crippen LogP) is 16.2. The van der Waals surface area contributed by atoms with Gasteiger partial charge in [-0.3, -0.25) is 21.0 Å². The highest BCUT2D eigenvalue weighted by Gasteiger charge is 2.22. The molecule has 0 spiro atoms. The maximum absolute atomic E-state index is 11.5. The number of carbonyl (C=O) groups is 4. The molecule has 0 saturated heterocycles. The van der Waals surface area contributed by atoms with E-state index in [-0.39, 0.29) is 141 Å². The predicted molar refractivity (Wildman–Crippen MR) is 401 cm³/mol. The van der Waals surface area contributed by atoms with Gasteiger partial charge in [0.05, 0.1) is 125 Å². The molecule has 0 amide bonds. The highest BCUT2D eigenvalue weighted by Crippen LogP contribution is 2.45. The third kappa shape index (κ3) is 22.4. The van der Waals surface area contributed by atoms with Gasteiger partial charge in [-0.2, -0.15) is 50.4 Å². The van der Waals surface area contributed by atoms with Crippen molar-refractivity contribution in [2.75, 3.05) is 78.1 Å². The Bertz CT molecular complexity index is 4900. The molecule has 10 aromatic rings. The minimum atomic E-state index is -1.34. The molecule has 0 aliphatic heterocycles. The number of rotatable bonds is 36. The van der Waals surface area contributed by atoms with Crippen molar-refractivity contribution < 1.29 is 118 Å². The van der Waals surface area contributed by atoms with Crippen molar-refractivity contribution in [3.05, 3.63) is 177 Å². The highest BCUT2D eigenvalue weighted by atomic mass is 35.5. The van der Waals surface area contributed by atoms with Crippen LogP contribution in [0.15, 0.2) is 162 Å². The summed E-state index contributed by atoms with van der Waals surface area (Å²) in [7, 11) is 11.4. The van der Waals surface area contributed by atoms with Crippen molar-refractivity contribution >= 4 is 128 Å². The zero-order chi connectivity index (χ0) is 82.1. The Morgan fingerprint density at radius 1 is 0.307 bits per heavy atom. The molecule has 42 nitrogen and oxygen atoms in total. The molecule has 43 heteroatoms. The van der Waals surface area contributed by atoms with E-state index in [2.05, 4.69) is 112 Å². The van der Waals surface area contributed by atoms with Crippen LogP contribution in [0.2, 0.25) is 5.28 Å². The minimum Gasteiger partial charge on any atom is -0.494 e. The van der Waals surface area contributed by atoms with E-state index in [0.29, 0.717) is 79.4 Å². The number of carboxylic acid groups (broad SMARTS) is 4. The standard InChI is InChI=1S/C36H35N9O12.C35H32ClN9O12/c1-18-37-35(39-25-12-31(54-4)27(14-29(25)52-2)44-42-23-7-19(16-56-50)6-20(8-23)17-57-51)41-36(38-18)40-26-13-32(55-5)28(15-30(26)53-3)45-43-24-10-21(33(46)47)9-22(11-24)34(48)49;1-52-27-13-25(44-42-21-6-17(15-56-50)5-18(7-21)16-57-51)29(54-3)11-23(27)37-34-39-33(36)40-35(41-34)38-24-12-30(55-4)26(14-28(24)53-2)45-43-22-9-19(31(46)47)8-20(10-22)32(48)49/h6-15,50-51H,16-17H2,1-5H3,(H,46,47)(H,48,49)(H2,37,38,39,40,41);5-14,50-51H,15-16H2,1-4H3,(H,46,47)(H,48,49)(H2,37,38,39,40,41). The largest absolute Gasteiger partial charge is 0.494 e. The van der Waals surface area contributed by atoms with E-state index in [1.165, 1.54) is 99.3 Å². The van der Waals surface area contributed by atoms with Gasteiger partial charge in [-0.05, 0) is 101 Å². The summed E-state index contributed by atoms with van der Waals surface area (Å²) in [5.74, 6) is -2.65. The summed E-state index contributed by atoms with van der Waals surface area (Å²) < 4.78 is 44.5. The van der Waals surface area contributed by atoms with Gasteiger partial charge in [0.2, 0.25) is 29.1 Å². The Morgan fingerprint density at radius 3 is 0.754 bits per heavy atom. The lowest BCUT2D eigenvalue weighted by Crippen LogP contribution is -2.07. The second-order valence-electron chi connectivity index (χ2n) is 22.8. The number of aryl methyl sites for hydroxylation is 1. The number of carboxylic acids is 4. The summed E-state index contributed by atoms with van der Waals surface area (Å²) in [5, 5.41) is 119. The Balaban J connectivity index is 0.000000261. The number of methoxy groups -OCH3 is 8. The van der Waals surface area contributed by atoms with Gasteiger partial charge in [0.1, 0.15) is 101 Å². The van der Waals surface area contributed by atoms with E-state index in [1.54, 1.807) is 73.7 Å². The molecule has 592 valence electrons. The van der Waals surface area contributed by atoms with Crippen LogP contribution in [-0.4, -0.2) is 152 Å². The number of aromatic carboxylic acids is 4. The van der Waals surface area contributed by atoms with E-state index in [4.69, 9.17) is 70.5 Å². The number of azo groups is 4.